The number of benzene rings is 2. The number of nitrogens with one attached hydrogen (secondary N) is 1. The molecule has 0 saturated heterocycles. The number of rotatable bonds is 3. The Labute approximate surface area is 165 Å². The minimum absolute atomic E-state index is 0.0807. The molecular formula is C21H19BrN2O3. The number of carbonyl (C=O) groups excluding carboxylic acids is 1. The fourth-order valence-electron chi connectivity index (χ4n) is 2.56. The van der Waals surface area contributed by atoms with Gasteiger partial charge >= 0.3 is 0 Å². The van der Waals surface area contributed by atoms with Crippen LogP contribution in [-0.2, 0) is 5.41 Å². The summed E-state index contributed by atoms with van der Waals surface area (Å²) >= 11 is 3.32. The molecule has 0 spiro atoms. The first kappa shape index (κ1) is 19.0. The van der Waals surface area contributed by atoms with Crippen LogP contribution in [0.25, 0.3) is 11.0 Å². The van der Waals surface area contributed by atoms with E-state index in [0.717, 1.165) is 10.0 Å². The van der Waals surface area contributed by atoms with Gasteiger partial charge in [0.2, 0.25) is 5.43 Å². The zero-order valence-corrected chi connectivity index (χ0v) is 16.8. The number of hydrazone groups is 1. The topological polar surface area (TPSA) is 71.7 Å². The second kappa shape index (κ2) is 7.48. The number of halogens is 1. The maximum absolute atomic E-state index is 12.7. The van der Waals surface area contributed by atoms with Gasteiger partial charge in [-0.3, -0.25) is 9.59 Å². The van der Waals surface area contributed by atoms with Crippen LogP contribution in [0.2, 0.25) is 0 Å². The lowest BCUT2D eigenvalue weighted by molar-refractivity contribution is 0.0955. The van der Waals surface area contributed by atoms with Gasteiger partial charge in [0.25, 0.3) is 5.91 Å². The minimum Gasteiger partial charge on any atom is -0.463 e. The molecule has 3 rings (SSSR count). The summed E-state index contributed by atoms with van der Waals surface area (Å²) in [6.45, 7) is 6.25. The van der Waals surface area contributed by atoms with E-state index in [1.165, 1.54) is 12.5 Å². The zero-order chi connectivity index (χ0) is 19.6. The third-order valence-electron chi connectivity index (χ3n) is 4.12. The summed E-state index contributed by atoms with van der Waals surface area (Å²) in [6.07, 6.45) is 2.64. The monoisotopic (exact) mass is 426 g/mol. The van der Waals surface area contributed by atoms with E-state index in [0.29, 0.717) is 16.5 Å². The van der Waals surface area contributed by atoms with Crippen LogP contribution in [0, 0.1) is 0 Å². The van der Waals surface area contributed by atoms with Crippen LogP contribution in [-0.4, -0.2) is 12.1 Å². The molecule has 6 heteroatoms. The molecule has 1 N–H and O–H groups in total. The quantitative estimate of drug-likeness (QED) is 0.490. The molecule has 0 aliphatic carbocycles. The van der Waals surface area contributed by atoms with Crippen molar-refractivity contribution in [1.82, 2.24) is 5.43 Å². The molecule has 1 heterocycles. The SMILES string of the molecule is CC(C)(C)c1ccc2occ(/C=N/NC(=O)c3cccc(Br)c3)c(=O)c2c1. The van der Waals surface area contributed by atoms with Crippen LogP contribution >= 0.6 is 15.9 Å². The molecule has 2 aromatic carbocycles. The van der Waals surface area contributed by atoms with Crippen LogP contribution in [0.15, 0.2) is 67.5 Å². The van der Waals surface area contributed by atoms with E-state index >= 15 is 0 Å². The van der Waals surface area contributed by atoms with Crippen molar-refractivity contribution in [2.24, 2.45) is 5.10 Å². The summed E-state index contributed by atoms with van der Waals surface area (Å²) in [7, 11) is 0. The highest BCUT2D eigenvalue weighted by Crippen LogP contribution is 2.24. The summed E-state index contributed by atoms with van der Waals surface area (Å²) in [5.41, 5.74) is 4.43. The first-order chi connectivity index (χ1) is 12.8. The smallest absolute Gasteiger partial charge is 0.271 e. The third-order valence-corrected chi connectivity index (χ3v) is 4.62. The Kier molecular flexibility index (Phi) is 5.28. The molecule has 27 heavy (non-hydrogen) atoms. The predicted octanol–water partition coefficient (Wildman–Crippen LogP) is 4.62. The molecule has 0 bridgehead atoms. The average Bonchev–Trinajstić information content (AvgIpc) is 2.62. The minimum atomic E-state index is -0.368. The lowest BCUT2D eigenvalue weighted by Crippen LogP contribution is -2.18. The molecule has 0 atom stereocenters. The fraction of sp³-hybridized carbons (Fsp3) is 0.190. The van der Waals surface area contributed by atoms with Gasteiger partial charge in [-0.15, -0.1) is 0 Å². The summed E-state index contributed by atoms with van der Waals surface area (Å²) < 4.78 is 6.33. The van der Waals surface area contributed by atoms with E-state index in [-0.39, 0.29) is 22.3 Å². The largest absolute Gasteiger partial charge is 0.463 e. The Morgan fingerprint density at radius 3 is 2.67 bits per heavy atom. The van der Waals surface area contributed by atoms with E-state index in [2.05, 4.69) is 47.2 Å². The molecule has 138 valence electrons. The van der Waals surface area contributed by atoms with Crippen molar-refractivity contribution in [3.8, 4) is 0 Å². The maximum Gasteiger partial charge on any atom is 0.271 e. The van der Waals surface area contributed by atoms with Crippen LogP contribution in [0.1, 0.15) is 42.3 Å². The Hall–Kier alpha value is -2.73. The molecular weight excluding hydrogens is 408 g/mol. The Morgan fingerprint density at radius 1 is 1.19 bits per heavy atom. The van der Waals surface area contributed by atoms with Crippen LogP contribution in [0.5, 0.6) is 0 Å². The molecule has 0 saturated carbocycles. The molecule has 1 amide bonds. The predicted molar refractivity (Wildman–Crippen MR) is 110 cm³/mol. The summed E-state index contributed by atoms with van der Waals surface area (Å²) in [6, 6.07) is 12.5. The first-order valence-electron chi connectivity index (χ1n) is 8.41. The van der Waals surface area contributed by atoms with Gasteiger partial charge in [-0.25, -0.2) is 5.43 Å². The average molecular weight is 427 g/mol. The molecule has 5 nitrogen and oxygen atoms in total. The number of nitrogens with zero attached hydrogens (tertiary/aromatic N) is 1. The van der Waals surface area contributed by atoms with Crippen molar-refractivity contribution < 1.29 is 9.21 Å². The fourth-order valence-corrected chi connectivity index (χ4v) is 2.96. The summed E-state index contributed by atoms with van der Waals surface area (Å²) in [5.74, 6) is -0.368. The van der Waals surface area contributed by atoms with Crippen LogP contribution in [0.3, 0.4) is 0 Å². The highest BCUT2D eigenvalue weighted by Gasteiger charge is 2.16. The molecule has 0 radical (unpaired) electrons. The van der Waals surface area contributed by atoms with E-state index in [9.17, 15) is 9.59 Å². The van der Waals surface area contributed by atoms with E-state index in [1.54, 1.807) is 24.3 Å². The lowest BCUT2D eigenvalue weighted by atomic mass is 9.86. The third kappa shape index (κ3) is 4.34. The maximum atomic E-state index is 12.7. The second-order valence-electron chi connectivity index (χ2n) is 7.19. The van der Waals surface area contributed by atoms with Crippen molar-refractivity contribution >= 4 is 39.0 Å². The molecule has 1 aromatic heterocycles. The summed E-state index contributed by atoms with van der Waals surface area (Å²) in [5, 5.41) is 4.38. The summed E-state index contributed by atoms with van der Waals surface area (Å²) in [4.78, 5) is 24.8. The van der Waals surface area contributed by atoms with Crippen molar-refractivity contribution in [3.05, 3.63) is 80.1 Å². The highest BCUT2D eigenvalue weighted by molar-refractivity contribution is 9.10. The van der Waals surface area contributed by atoms with Crippen molar-refractivity contribution in [2.75, 3.05) is 0 Å². The Balaban J connectivity index is 1.86. The van der Waals surface area contributed by atoms with E-state index in [1.807, 2.05) is 18.2 Å². The number of hydrogen-bond acceptors (Lipinski definition) is 4. The standard InChI is InChI=1S/C21H19BrN2O3/c1-21(2,3)15-7-8-18-17(10-15)19(25)14(12-27-18)11-23-24-20(26)13-5-4-6-16(22)9-13/h4-12H,1-3H3,(H,24,26)/b23-11+. The molecule has 0 fully saturated rings. The first-order valence-corrected chi connectivity index (χ1v) is 9.20. The van der Waals surface area contributed by atoms with Crippen molar-refractivity contribution in [1.29, 1.82) is 0 Å². The van der Waals surface area contributed by atoms with Gasteiger partial charge < -0.3 is 4.42 Å². The highest BCUT2D eigenvalue weighted by atomic mass is 79.9. The lowest BCUT2D eigenvalue weighted by Gasteiger charge is -2.19. The van der Waals surface area contributed by atoms with E-state index < -0.39 is 0 Å². The number of hydrogen-bond donors (Lipinski definition) is 1. The molecule has 0 aliphatic rings. The number of fused-ring (bicyclic) bond motifs is 1. The van der Waals surface area contributed by atoms with E-state index in [4.69, 9.17) is 4.42 Å². The second-order valence-corrected chi connectivity index (χ2v) is 8.11. The van der Waals surface area contributed by atoms with Gasteiger partial charge in [0.15, 0.2) is 0 Å². The van der Waals surface area contributed by atoms with Gasteiger partial charge in [-0.2, -0.15) is 5.10 Å². The van der Waals surface area contributed by atoms with Crippen molar-refractivity contribution in [2.45, 2.75) is 26.2 Å². The molecule has 3 aromatic rings. The zero-order valence-electron chi connectivity index (χ0n) is 15.2. The van der Waals surface area contributed by atoms with Crippen LogP contribution < -0.4 is 10.9 Å². The van der Waals surface area contributed by atoms with Gasteiger partial charge in [0.1, 0.15) is 11.8 Å². The number of amides is 1. The van der Waals surface area contributed by atoms with Gasteiger partial charge in [-0.1, -0.05) is 48.8 Å². The molecule has 0 aliphatic heterocycles. The Morgan fingerprint density at radius 2 is 1.96 bits per heavy atom. The number of carbonyl (C=O) groups is 1. The molecule has 0 unspecified atom stereocenters. The van der Waals surface area contributed by atoms with Gasteiger partial charge in [0.05, 0.1) is 17.2 Å². The van der Waals surface area contributed by atoms with Gasteiger partial charge in [0, 0.05) is 10.0 Å². The Bertz CT molecular complexity index is 1090. The van der Waals surface area contributed by atoms with Crippen molar-refractivity contribution in [3.63, 3.8) is 0 Å². The van der Waals surface area contributed by atoms with Gasteiger partial charge in [-0.05, 0) is 41.3 Å². The normalized spacial score (nSPS) is 11.9. The van der Waals surface area contributed by atoms with Crippen LogP contribution in [0.4, 0.5) is 0 Å².